The summed E-state index contributed by atoms with van der Waals surface area (Å²) >= 11 is 12.7. The number of halogens is 2. The molecule has 0 bridgehead atoms. The van der Waals surface area contributed by atoms with E-state index in [-0.39, 0.29) is 18.5 Å². The van der Waals surface area contributed by atoms with E-state index in [0.717, 1.165) is 11.3 Å². The van der Waals surface area contributed by atoms with E-state index in [1.165, 1.54) is 6.08 Å². The molecule has 2 heterocycles. The number of aromatic nitrogens is 4. The molecule has 0 saturated carbocycles. The molecule has 170 valence electrons. The fraction of sp³-hybridized carbons (Fsp3) is 0.391. The number of amides is 1. The van der Waals surface area contributed by atoms with Crippen molar-refractivity contribution >= 4 is 35.2 Å². The average Bonchev–Trinajstić information content (AvgIpc) is 3.29. The van der Waals surface area contributed by atoms with Crippen LogP contribution in [0.15, 0.2) is 34.8 Å². The second-order valence-corrected chi connectivity index (χ2v) is 9.01. The standard InChI is InChI=1S/C23H27Cl2N5O2/c1-14(2)12-30-22(25)17(16(5)28-30)10-11-21(31)29(15(3)4)13-20-26-27-23(32-20)18-8-6-7-9-19(18)24/h6-11,14-15H,12-13H2,1-5H3. The van der Waals surface area contributed by atoms with E-state index in [9.17, 15) is 4.79 Å². The molecular formula is C23H27Cl2N5O2. The molecule has 2 aromatic heterocycles. The zero-order valence-electron chi connectivity index (χ0n) is 18.8. The molecule has 0 saturated heterocycles. The molecule has 0 atom stereocenters. The lowest BCUT2D eigenvalue weighted by atomic mass is 10.2. The Morgan fingerprint density at radius 1 is 1.19 bits per heavy atom. The van der Waals surface area contributed by atoms with Crippen molar-refractivity contribution in [2.24, 2.45) is 5.92 Å². The molecule has 0 aliphatic carbocycles. The third-order valence-electron chi connectivity index (χ3n) is 4.82. The average molecular weight is 476 g/mol. The van der Waals surface area contributed by atoms with Gasteiger partial charge < -0.3 is 9.32 Å². The monoisotopic (exact) mass is 475 g/mol. The Bertz CT molecular complexity index is 1120. The summed E-state index contributed by atoms with van der Waals surface area (Å²) < 4.78 is 7.53. The summed E-state index contributed by atoms with van der Waals surface area (Å²) in [6.45, 7) is 10.8. The molecule has 0 aliphatic rings. The molecule has 0 unspecified atom stereocenters. The summed E-state index contributed by atoms with van der Waals surface area (Å²) in [6, 6.07) is 7.15. The second kappa shape index (κ2) is 10.3. The van der Waals surface area contributed by atoms with Crippen molar-refractivity contribution in [1.29, 1.82) is 0 Å². The molecule has 0 spiro atoms. The zero-order valence-corrected chi connectivity index (χ0v) is 20.4. The molecule has 0 aliphatic heterocycles. The van der Waals surface area contributed by atoms with Gasteiger partial charge in [-0.3, -0.25) is 9.48 Å². The Kier molecular flexibility index (Phi) is 7.74. The summed E-state index contributed by atoms with van der Waals surface area (Å²) in [5.41, 5.74) is 2.17. The lowest BCUT2D eigenvalue weighted by Crippen LogP contribution is -2.35. The van der Waals surface area contributed by atoms with Crippen LogP contribution in [-0.4, -0.2) is 36.8 Å². The highest BCUT2D eigenvalue weighted by atomic mass is 35.5. The van der Waals surface area contributed by atoms with E-state index in [1.807, 2.05) is 32.9 Å². The molecule has 0 radical (unpaired) electrons. The topological polar surface area (TPSA) is 77.1 Å². The van der Waals surface area contributed by atoms with Gasteiger partial charge >= 0.3 is 0 Å². The minimum Gasteiger partial charge on any atom is -0.419 e. The smallest absolute Gasteiger partial charge is 0.249 e. The van der Waals surface area contributed by atoms with Crippen molar-refractivity contribution in [3.8, 4) is 11.5 Å². The maximum absolute atomic E-state index is 13.0. The van der Waals surface area contributed by atoms with E-state index in [0.29, 0.717) is 40.0 Å². The third-order valence-corrected chi connectivity index (χ3v) is 5.55. The van der Waals surface area contributed by atoms with Crippen LogP contribution in [0.3, 0.4) is 0 Å². The van der Waals surface area contributed by atoms with Crippen LogP contribution in [0.4, 0.5) is 0 Å². The van der Waals surface area contributed by atoms with E-state index in [4.69, 9.17) is 27.6 Å². The van der Waals surface area contributed by atoms with Crippen LogP contribution < -0.4 is 0 Å². The van der Waals surface area contributed by atoms with Gasteiger partial charge in [-0.1, -0.05) is 49.2 Å². The first-order chi connectivity index (χ1) is 15.2. The number of benzene rings is 1. The van der Waals surface area contributed by atoms with Gasteiger partial charge in [-0.05, 0) is 44.9 Å². The Hall–Kier alpha value is -2.64. The first kappa shape index (κ1) is 24.0. The van der Waals surface area contributed by atoms with Crippen molar-refractivity contribution in [2.45, 2.75) is 53.8 Å². The van der Waals surface area contributed by atoms with Crippen molar-refractivity contribution in [3.05, 3.63) is 57.7 Å². The molecule has 1 amide bonds. The summed E-state index contributed by atoms with van der Waals surface area (Å²) in [4.78, 5) is 14.6. The van der Waals surface area contributed by atoms with E-state index < -0.39 is 0 Å². The zero-order chi connectivity index (χ0) is 23.4. The van der Waals surface area contributed by atoms with Gasteiger partial charge in [0.05, 0.1) is 22.8 Å². The largest absolute Gasteiger partial charge is 0.419 e. The van der Waals surface area contributed by atoms with Crippen LogP contribution in [0.1, 0.15) is 44.8 Å². The van der Waals surface area contributed by atoms with Gasteiger partial charge in [0.1, 0.15) is 5.15 Å². The number of nitrogens with zero attached hydrogens (tertiary/aromatic N) is 5. The van der Waals surface area contributed by atoms with Crippen molar-refractivity contribution < 1.29 is 9.21 Å². The second-order valence-electron chi connectivity index (χ2n) is 8.24. The number of carbonyl (C=O) groups is 1. The SMILES string of the molecule is Cc1nn(CC(C)C)c(Cl)c1C=CC(=O)N(Cc1nnc(-c2ccccc2Cl)o1)C(C)C. The van der Waals surface area contributed by atoms with Crippen LogP contribution in [0.5, 0.6) is 0 Å². The van der Waals surface area contributed by atoms with Crippen molar-refractivity contribution in [1.82, 2.24) is 24.9 Å². The minimum absolute atomic E-state index is 0.0805. The summed E-state index contributed by atoms with van der Waals surface area (Å²) in [6.07, 6.45) is 3.21. The van der Waals surface area contributed by atoms with Crippen LogP contribution in [-0.2, 0) is 17.9 Å². The van der Waals surface area contributed by atoms with Crippen molar-refractivity contribution in [2.75, 3.05) is 0 Å². The minimum atomic E-state index is -0.190. The highest BCUT2D eigenvalue weighted by Gasteiger charge is 2.20. The van der Waals surface area contributed by atoms with Gasteiger partial charge in [-0.25, -0.2) is 0 Å². The predicted octanol–water partition coefficient (Wildman–Crippen LogP) is 5.65. The summed E-state index contributed by atoms with van der Waals surface area (Å²) in [7, 11) is 0. The highest BCUT2D eigenvalue weighted by Crippen LogP contribution is 2.27. The molecule has 3 aromatic rings. The van der Waals surface area contributed by atoms with Gasteiger partial charge in [0.25, 0.3) is 0 Å². The molecular weight excluding hydrogens is 449 g/mol. The van der Waals surface area contributed by atoms with Gasteiger partial charge in [0.2, 0.25) is 17.7 Å². The van der Waals surface area contributed by atoms with E-state index >= 15 is 0 Å². The lowest BCUT2D eigenvalue weighted by Gasteiger charge is -2.23. The molecule has 0 fully saturated rings. The Labute approximate surface area is 198 Å². The summed E-state index contributed by atoms with van der Waals surface area (Å²) in [5, 5.41) is 13.7. The van der Waals surface area contributed by atoms with Crippen LogP contribution >= 0.6 is 23.2 Å². The molecule has 7 nitrogen and oxygen atoms in total. The highest BCUT2D eigenvalue weighted by molar-refractivity contribution is 6.33. The van der Waals surface area contributed by atoms with Crippen LogP contribution in [0.25, 0.3) is 17.5 Å². The molecule has 1 aromatic carbocycles. The molecule has 0 N–H and O–H groups in total. The fourth-order valence-corrected chi connectivity index (χ4v) is 3.72. The van der Waals surface area contributed by atoms with Gasteiger partial charge in [0.15, 0.2) is 0 Å². The summed E-state index contributed by atoms with van der Waals surface area (Å²) in [5.74, 6) is 0.864. The van der Waals surface area contributed by atoms with Crippen LogP contribution in [0, 0.1) is 12.8 Å². The molecule has 9 heteroatoms. The fourth-order valence-electron chi connectivity index (χ4n) is 3.20. The van der Waals surface area contributed by atoms with Crippen LogP contribution in [0.2, 0.25) is 10.2 Å². The molecule has 3 rings (SSSR count). The van der Waals surface area contributed by atoms with E-state index in [1.54, 1.807) is 27.8 Å². The lowest BCUT2D eigenvalue weighted by molar-refractivity contribution is -0.128. The quantitative estimate of drug-likeness (QED) is 0.393. The molecule has 32 heavy (non-hydrogen) atoms. The Balaban J connectivity index is 1.76. The Morgan fingerprint density at radius 3 is 2.56 bits per heavy atom. The number of aryl methyl sites for hydroxylation is 1. The third kappa shape index (κ3) is 5.58. The number of hydrogen-bond acceptors (Lipinski definition) is 5. The van der Waals surface area contributed by atoms with Gasteiger partial charge in [0, 0.05) is 24.2 Å². The Morgan fingerprint density at radius 2 is 1.91 bits per heavy atom. The normalized spacial score (nSPS) is 11.8. The number of hydrogen-bond donors (Lipinski definition) is 0. The van der Waals surface area contributed by atoms with Gasteiger partial charge in [-0.15, -0.1) is 10.2 Å². The first-order valence-corrected chi connectivity index (χ1v) is 11.2. The maximum atomic E-state index is 13.0. The first-order valence-electron chi connectivity index (χ1n) is 10.5. The van der Waals surface area contributed by atoms with E-state index in [2.05, 4.69) is 29.1 Å². The van der Waals surface area contributed by atoms with Crippen molar-refractivity contribution in [3.63, 3.8) is 0 Å². The maximum Gasteiger partial charge on any atom is 0.249 e. The number of carbonyl (C=O) groups excluding carboxylic acids is 1. The number of rotatable bonds is 8. The predicted molar refractivity (Wildman–Crippen MR) is 126 cm³/mol. The van der Waals surface area contributed by atoms with Gasteiger partial charge in [-0.2, -0.15) is 5.10 Å².